The fourth-order valence-corrected chi connectivity index (χ4v) is 1.38. The van der Waals surface area contributed by atoms with E-state index in [0.29, 0.717) is 13.2 Å². The molecule has 0 aromatic heterocycles. The summed E-state index contributed by atoms with van der Waals surface area (Å²) in [5.41, 5.74) is -0.188. The number of unbranched alkanes of at least 4 members (excludes halogenated alkanes) is 3. The summed E-state index contributed by atoms with van der Waals surface area (Å²) in [4.78, 5) is 0. The molecule has 0 fully saturated rings. The summed E-state index contributed by atoms with van der Waals surface area (Å²) in [6.45, 7) is 8.72. The van der Waals surface area contributed by atoms with E-state index >= 15 is 0 Å². The summed E-state index contributed by atoms with van der Waals surface area (Å²) in [5.74, 6) is 0. The average Bonchev–Trinajstić information content (AvgIpc) is 2.24. The summed E-state index contributed by atoms with van der Waals surface area (Å²) in [7, 11) is 0. The SMILES string of the molecule is CCCCCOC(C)(C)COCCCCO. The average molecular weight is 232 g/mol. The van der Waals surface area contributed by atoms with Crippen LogP contribution in [0.5, 0.6) is 0 Å². The van der Waals surface area contributed by atoms with Crippen LogP contribution < -0.4 is 0 Å². The second-order valence-electron chi connectivity index (χ2n) is 4.80. The molecular weight excluding hydrogens is 204 g/mol. The van der Waals surface area contributed by atoms with Gasteiger partial charge < -0.3 is 14.6 Å². The Morgan fingerprint density at radius 2 is 1.69 bits per heavy atom. The van der Waals surface area contributed by atoms with Gasteiger partial charge in [0.1, 0.15) is 0 Å². The Morgan fingerprint density at radius 1 is 1.00 bits per heavy atom. The highest BCUT2D eigenvalue weighted by atomic mass is 16.5. The molecule has 3 heteroatoms. The molecule has 0 saturated carbocycles. The third-order valence-electron chi connectivity index (χ3n) is 2.39. The number of hydrogen-bond acceptors (Lipinski definition) is 3. The molecule has 0 aliphatic rings. The van der Waals surface area contributed by atoms with Gasteiger partial charge in [-0.3, -0.25) is 0 Å². The predicted molar refractivity (Wildman–Crippen MR) is 66.7 cm³/mol. The standard InChI is InChI=1S/C13H28O3/c1-4-5-7-11-16-13(2,3)12-15-10-8-6-9-14/h14H,4-12H2,1-3H3. The van der Waals surface area contributed by atoms with Gasteiger partial charge in [0, 0.05) is 19.8 Å². The summed E-state index contributed by atoms with van der Waals surface area (Å²) in [6.07, 6.45) is 5.32. The zero-order valence-corrected chi connectivity index (χ0v) is 11.1. The second kappa shape index (κ2) is 10.1. The second-order valence-corrected chi connectivity index (χ2v) is 4.80. The van der Waals surface area contributed by atoms with E-state index < -0.39 is 0 Å². The molecule has 1 N–H and O–H groups in total. The van der Waals surface area contributed by atoms with E-state index in [2.05, 4.69) is 20.8 Å². The molecule has 0 aliphatic heterocycles. The van der Waals surface area contributed by atoms with E-state index in [9.17, 15) is 0 Å². The molecule has 0 saturated heterocycles. The van der Waals surface area contributed by atoms with Gasteiger partial charge in [0.25, 0.3) is 0 Å². The van der Waals surface area contributed by atoms with Crippen LogP contribution in [0, 0.1) is 0 Å². The maximum absolute atomic E-state index is 8.61. The van der Waals surface area contributed by atoms with Crippen molar-refractivity contribution in [3.63, 3.8) is 0 Å². The van der Waals surface area contributed by atoms with Gasteiger partial charge in [-0.2, -0.15) is 0 Å². The summed E-state index contributed by atoms with van der Waals surface area (Å²) >= 11 is 0. The van der Waals surface area contributed by atoms with Crippen LogP contribution in [0.3, 0.4) is 0 Å². The van der Waals surface area contributed by atoms with E-state index in [1.165, 1.54) is 12.8 Å². The van der Waals surface area contributed by atoms with Crippen LogP contribution in [0.2, 0.25) is 0 Å². The maximum Gasteiger partial charge on any atom is 0.0858 e. The molecule has 16 heavy (non-hydrogen) atoms. The van der Waals surface area contributed by atoms with Gasteiger partial charge in [0.15, 0.2) is 0 Å². The van der Waals surface area contributed by atoms with Crippen LogP contribution in [0.15, 0.2) is 0 Å². The number of aliphatic hydroxyl groups is 1. The first-order valence-corrected chi connectivity index (χ1v) is 6.45. The van der Waals surface area contributed by atoms with Crippen LogP contribution in [0.25, 0.3) is 0 Å². The Labute approximate surface area is 100 Å². The minimum Gasteiger partial charge on any atom is -0.396 e. The van der Waals surface area contributed by atoms with Crippen molar-refractivity contribution in [3.8, 4) is 0 Å². The normalized spacial score (nSPS) is 12.0. The summed E-state index contributed by atoms with van der Waals surface area (Å²) in [6, 6.07) is 0. The van der Waals surface area contributed by atoms with Gasteiger partial charge in [-0.25, -0.2) is 0 Å². The lowest BCUT2D eigenvalue weighted by Gasteiger charge is -2.25. The molecule has 0 bridgehead atoms. The highest BCUT2D eigenvalue weighted by Gasteiger charge is 2.17. The lowest BCUT2D eigenvalue weighted by molar-refractivity contribution is -0.0764. The Morgan fingerprint density at radius 3 is 2.31 bits per heavy atom. The molecule has 98 valence electrons. The van der Waals surface area contributed by atoms with Crippen LogP contribution in [-0.2, 0) is 9.47 Å². The highest BCUT2D eigenvalue weighted by molar-refractivity contribution is 4.67. The molecule has 0 heterocycles. The molecular formula is C13H28O3. The molecule has 0 aliphatic carbocycles. The Balaban J connectivity index is 3.38. The molecule has 0 aromatic carbocycles. The number of hydrogen-bond donors (Lipinski definition) is 1. The van der Waals surface area contributed by atoms with Crippen molar-refractivity contribution in [2.45, 2.75) is 58.5 Å². The first-order valence-electron chi connectivity index (χ1n) is 6.45. The van der Waals surface area contributed by atoms with Crippen molar-refractivity contribution in [1.82, 2.24) is 0 Å². The van der Waals surface area contributed by atoms with E-state index in [0.717, 1.165) is 25.9 Å². The zero-order chi connectivity index (χ0) is 12.3. The summed E-state index contributed by atoms with van der Waals surface area (Å²) in [5, 5.41) is 8.61. The first kappa shape index (κ1) is 15.9. The first-order chi connectivity index (χ1) is 7.62. The minimum absolute atomic E-state index is 0.188. The van der Waals surface area contributed by atoms with Crippen LogP contribution in [-0.4, -0.2) is 37.1 Å². The molecule has 3 nitrogen and oxygen atoms in total. The minimum atomic E-state index is -0.188. The topological polar surface area (TPSA) is 38.7 Å². The summed E-state index contributed by atoms with van der Waals surface area (Å²) < 4.78 is 11.3. The van der Waals surface area contributed by atoms with Crippen LogP contribution in [0.4, 0.5) is 0 Å². The quantitative estimate of drug-likeness (QED) is 0.557. The van der Waals surface area contributed by atoms with Gasteiger partial charge in [-0.15, -0.1) is 0 Å². The van der Waals surface area contributed by atoms with Crippen molar-refractivity contribution in [3.05, 3.63) is 0 Å². The third-order valence-corrected chi connectivity index (χ3v) is 2.39. The molecule has 0 rings (SSSR count). The van der Waals surface area contributed by atoms with Crippen LogP contribution >= 0.6 is 0 Å². The van der Waals surface area contributed by atoms with Gasteiger partial charge in [0.05, 0.1) is 12.2 Å². The third kappa shape index (κ3) is 10.4. The molecule has 0 radical (unpaired) electrons. The lowest BCUT2D eigenvalue weighted by atomic mass is 10.1. The predicted octanol–water partition coefficient (Wildman–Crippen LogP) is 2.76. The van der Waals surface area contributed by atoms with E-state index in [-0.39, 0.29) is 12.2 Å². The van der Waals surface area contributed by atoms with Gasteiger partial charge in [-0.05, 0) is 33.1 Å². The fourth-order valence-electron chi connectivity index (χ4n) is 1.38. The lowest BCUT2D eigenvalue weighted by Crippen LogP contribution is -2.31. The van der Waals surface area contributed by atoms with Crippen molar-refractivity contribution >= 4 is 0 Å². The van der Waals surface area contributed by atoms with Crippen molar-refractivity contribution in [2.75, 3.05) is 26.4 Å². The van der Waals surface area contributed by atoms with Crippen molar-refractivity contribution in [1.29, 1.82) is 0 Å². The van der Waals surface area contributed by atoms with Crippen molar-refractivity contribution < 1.29 is 14.6 Å². The van der Waals surface area contributed by atoms with Gasteiger partial charge in [0.2, 0.25) is 0 Å². The Kier molecular flexibility index (Phi) is 9.99. The fraction of sp³-hybridized carbons (Fsp3) is 1.00. The van der Waals surface area contributed by atoms with E-state index in [1.54, 1.807) is 0 Å². The molecule has 0 atom stereocenters. The molecule has 0 aromatic rings. The monoisotopic (exact) mass is 232 g/mol. The van der Waals surface area contributed by atoms with Gasteiger partial charge in [-0.1, -0.05) is 19.8 Å². The maximum atomic E-state index is 8.61. The number of aliphatic hydroxyl groups excluding tert-OH is 1. The van der Waals surface area contributed by atoms with E-state index in [4.69, 9.17) is 14.6 Å². The molecule has 0 unspecified atom stereocenters. The largest absolute Gasteiger partial charge is 0.396 e. The highest BCUT2D eigenvalue weighted by Crippen LogP contribution is 2.11. The number of rotatable bonds is 11. The van der Waals surface area contributed by atoms with Crippen molar-refractivity contribution in [2.24, 2.45) is 0 Å². The van der Waals surface area contributed by atoms with E-state index in [1.807, 2.05) is 0 Å². The molecule has 0 spiro atoms. The van der Waals surface area contributed by atoms with Crippen LogP contribution in [0.1, 0.15) is 52.9 Å². The smallest absolute Gasteiger partial charge is 0.0858 e. The Bertz CT molecular complexity index is 146. The van der Waals surface area contributed by atoms with Gasteiger partial charge >= 0.3 is 0 Å². The molecule has 0 amide bonds. The zero-order valence-electron chi connectivity index (χ0n) is 11.1. The number of ether oxygens (including phenoxy) is 2. The Hall–Kier alpha value is -0.120.